The minimum Gasteiger partial charge on any atom is -0.486 e. The third-order valence-corrected chi connectivity index (χ3v) is 8.96. The second-order valence-electron chi connectivity index (χ2n) is 11.5. The van der Waals surface area contributed by atoms with E-state index < -0.39 is 24.2 Å². The third-order valence-electron chi connectivity index (χ3n) is 8.96. The third kappa shape index (κ3) is 5.70. The van der Waals surface area contributed by atoms with Gasteiger partial charge in [-0.15, -0.1) is 0 Å². The van der Waals surface area contributed by atoms with Crippen molar-refractivity contribution in [2.75, 3.05) is 52.9 Å². The van der Waals surface area contributed by atoms with E-state index in [4.69, 9.17) is 9.57 Å². The number of rotatable bonds is 5. The van der Waals surface area contributed by atoms with E-state index in [1.165, 1.54) is 19.2 Å². The molecule has 4 aliphatic rings. The molecule has 3 fully saturated rings. The predicted molar refractivity (Wildman–Crippen MR) is 141 cm³/mol. The Morgan fingerprint density at radius 3 is 2.47 bits per heavy atom. The summed E-state index contributed by atoms with van der Waals surface area (Å²) in [6, 6.07) is 4.37. The van der Waals surface area contributed by atoms with E-state index in [1.807, 2.05) is 0 Å². The summed E-state index contributed by atoms with van der Waals surface area (Å²) in [7, 11) is 1.06. The van der Waals surface area contributed by atoms with Gasteiger partial charge in [-0.3, -0.25) is 4.79 Å². The smallest absolute Gasteiger partial charge is 0.376 e. The average Bonchev–Trinajstić information content (AvgIpc) is 2.91. The van der Waals surface area contributed by atoms with Gasteiger partial charge in [0.2, 0.25) is 0 Å². The molecule has 0 aliphatic carbocycles. The number of alkyl halides is 1. The van der Waals surface area contributed by atoms with Crippen LogP contribution in [0.25, 0.3) is 0 Å². The van der Waals surface area contributed by atoms with Gasteiger partial charge in [0, 0.05) is 70.4 Å². The van der Waals surface area contributed by atoms with Crippen LogP contribution in [-0.4, -0.2) is 102 Å². The fourth-order valence-corrected chi connectivity index (χ4v) is 6.54. The maximum atomic E-state index is 15.9. The molecule has 1 spiro atoms. The molecule has 0 radical (unpaired) electrons. The van der Waals surface area contributed by atoms with Crippen molar-refractivity contribution < 1.29 is 28.2 Å². The summed E-state index contributed by atoms with van der Waals surface area (Å²) in [5.74, 6) is 0.337. The van der Waals surface area contributed by atoms with E-state index in [1.54, 1.807) is 17.8 Å². The molecule has 208 valence electrons. The fourth-order valence-electron chi connectivity index (χ4n) is 6.54. The molecule has 11 heteroatoms. The molecule has 1 amide bonds. The zero-order valence-corrected chi connectivity index (χ0v) is 22.5. The number of hydrogen-bond acceptors (Lipinski definition) is 7. The maximum absolute atomic E-state index is 15.9. The molecule has 0 bridgehead atoms. The number of carbonyl (C=O) groups excluding carboxylic acids is 1. The first-order valence-corrected chi connectivity index (χ1v) is 13.9. The summed E-state index contributed by atoms with van der Waals surface area (Å²) in [6.07, 6.45) is 4.06. The first kappa shape index (κ1) is 27.3. The van der Waals surface area contributed by atoms with Crippen molar-refractivity contribution in [1.29, 1.82) is 0 Å². The van der Waals surface area contributed by atoms with E-state index >= 15 is 4.39 Å². The van der Waals surface area contributed by atoms with E-state index in [2.05, 4.69) is 14.9 Å². The number of hydrogen-bond donors (Lipinski definition) is 1. The van der Waals surface area contributed by atoms with Crippen molar-refractivity contribution in [3.8, 4) is 5.75 Å². The van der Waals surface area contributed by atoms with Crippen molar-refractivity contribution in [1.82, 2.24) is 14.6 Å². The molecule has 1 aromatic carbocycles. The highest BCUT2D eigenvalue weighted by molar-refractivity contribution is 6.45. The molecule has 0 atom stereocenters. The van der Waals surface area contributed by atoms with Crippen molar-refractivity contribution >= 4 is 18.7 Å². The molecule has 38 heavy (non-hydrogen) atoms. The molecular weight excluding hydrogens is 493 g/mol. The van der Waals surface area contributed by atoms with Gasteiger partial charge in [0.25, 0.3) is 5.91 Å². The highest BCUT2D eigenvalue weighted by Gasteiger charge is 2.48. The Hall–Kier alpha value is -2.24. The second-order valence-corrected chi connectivity index (χ2v) is 11.5. The van der Waals surface area contributed by atoms with Gasteiger partial charge in [-0.25, -0.2) is 8.78 Å². The lowest BCUT2D eigenvalue weighted by atomic mass is 9.80. The topological polar surface area (TPSA) is 77.8 Å². The Morgan fingerprint density at radius 1 is 1.16 bits per heavy atom. The molecule has 0 saturated carbocycles. The highest BCUT2D eigenvalue weighted by Crippen LogP contribution is 2.41. The van der Waals surface area contributed by atoms with Crippen LogP contribution in [0.2, 0.25) is 6.82 Å². The summed E-state index contributed by atoms with van der Waals surface area (Å²) in [4.78, 5) is 24.4. The van der Waals surface area contributed by atoms with Crippen LogP contribution in [0.1, 0.15) is 50.5 Å². The van der Waals surface area contributed by atoms with Crippen LogP contribution >= 0.6 is 0 Å². The van der Waals surface area contributed by atoms with Gasteiger partial charge in [-0.1, -0.05) is 5.16 Å². The molecule has 1 N–H and O–H groups in total. The van der Waals surface area contributed by atoms with Gasteiger partial charge >= 0.3 is 7.05 Å². The van der Waals surface area contributed by atoms with Crippen LogP contribution in [0.15, 0.2) is 23.4 Å². The first-order valence-electron chi connectivity index (χ1n) is 13.9. The Kier molecular flexibility index (Phi) is 7.98. The van der Waals surface area contributed by atoms with Gasteiger partial charge in [-0.2, -0.15) is 0 Å². The lowest BCUT2D eigenvalue weighted by molar-refractivity contribution is -0.151. The normalized spacial score (nSPS) is 25.2. The lowest BCUT2D eigenvalue weighted by Crippen LogP contribution is -2.58. The molecule has 0 aromatic heterocycles. The molecule has 0 unspecified atom stereocenters. The maximum Gasteiger partial charge on any atom is 0.376 e. The average molecular weight is 532 g/mol. The van der Waals surface area contributed by atoms with Crippen molar-refractivity contribution in [2.45, 2.75) is 63.0 Å². The summed E-state index contributed by atoms with van der Waals surface area (Å²) in [5.41, 5.74) is -1.19. The summed E-state index contributed by atoms with van der Waals surface area (Å²) in [6.45, 7) is 6.51. The number of ether oxygens (including phenoxy) is 1. The van der Waals surface area contributed by atoms with E-state index in [0.29, 0.717) is 68.4 Å². The van der Waals surface area contributed by atoms with Crippen LogP contribution in [0.5, 0.6) is 5.75 Å². The lowest BCUT2D eigenvalue weighted by Gasteiger charge is -2.46. The van der Waals surface area contributed by atoms with Crippen LogP contribution < -0.4 is 4.74 Å². The Morgan fingerprint density at radius 2 is 1.84 bits per heavy atom. The fraction of sp³-hybridized carbons (Fsp3) is 0.704. The second kappa shape index (κ2) is 11.1. The molecular formula is C27H39BF2N4O4. The largest absolute Gasteiger partial charge is 0.486 e. The van der Waals surface area contributed by atoms with Crippen LogP contribution in [0.4, 0.5) is 8.78 Å². The van der Waals surface area contributed by atoms with Gasteiger partial charge in [-0.05, 0) is 56.9 Å². The van der Waals surface area contributed by atoms with Gasteiger partial charge < -0.3 is 29.2 Å². The Labute approximate surface area is 224 Å². The molecule has 1 aromatic rings. The number of piperidine rings is 3. The van der Waals surface area contributed by atoms with E-state index in [0.717, 1.165) is 32.5 Å². The zero-order chi connectivity index (χ0) is 26.9. The number of amides is 1. The van der Waals surface area contributed by atoms with E-state index in [-0.39, 0.29) is 18.7 Å². The van der Waals surface area contributed by atoms with Gasteiger partial charge in [0.15, 0.2) is 5.67 Å². The number of benzene rings is 1. The predicted octanol–water partition coefficient (Wildman–Crippen LogP) is 2.95. The minimum atomic E-state index is -1.82. The first-order chi connectivity index (χ1) is 18.2. The quantitative estimate of drug-likeness (QED) is 0.465. The monoisotopic (exact) mass is 532 g/mol. The summed E-state index contributed by atoms with van der Waals surface area (Å²) < 4.78 is 36.1. The summed E-state index contributed by atoms with van der Waals surface area (Å²) >= 11 is 0. The number of carbonyl (C=O) groups is 1. The number of oxime groups is 1. The SMILES string of the molecule is CO/N=C1\CC2(CCN(C(=O)C3(F)CCN(CC4CCN(B(C)O)CC4)CC3)CC2)Oc2ccc(F)cc21. The highest BCUT2D eigenvalue weighted by atomic mass is 19.1. The zero-order valence-electron chi connectivity index (χ0n) is 22.5. The van der Waals surface area contributed by atoms with Crippen molar-refractivity contribution in [3.05, 3.63) is 29.6 Å². The Bertz CT molecular complexity index is 1030. The number of nitrogens with zero attached hydrogens (tertiary/aromatic N) is 4. The standard InChI is InChI=1S/C27H39BF2N4O4/c1-28(36)34-11-5-20(6-12-34)19-32-13-9-27(30,10-14-32)25(35)33-15-7-26(8-16-33)18-23(31-37-2)22-17-21(29)3-4-24(22)38-26/h3-4,17,20,36H,5-16,18-19H2,1-2H3/b31-23+. The van der Waals surface area contributed by atoms with Crippen LogP contribution in [-0.2, 0) is 9.63 Å². The van der Waals surface area contributed by atoms with Crippen LogP contribution in [0.3, 0.4) is 0 Å². The minimum absolute atomic E-state index is 0.222. The molecule has 4 heterocycles. The Balaban J connectivity index is 1.14. The van der Waals surface area contributed by atoms with Gasteiger partial charge in [0.05, 0.1) is 5.71 Å². The number of likely N-dealkylation sites (tertiary alicyclic amines) is 2. The number of halogens is 2. The molecule has 3 saturated heterocycles. The molecule has 4 aliphatic heterocycles. The molecule has 8 nitrogen and oxygen atoms in total. The molecule has 5 rings (SSSR count). The van der Waals surface area contributed by atoms with E-state index in [9.17, 15) is 14.2 Å². The van der Waals surface area contributed by atoms with Crippen LogP contribution in [0, 0.1) is 11.7 Å². The van der Waals surface area contributed by atoms with Gasteiger partial charge in [0.1, 0.15) is 24.3 Å². The van der Waals surface area contributed by atoms with Crippen molar-refractivity contribution in [3.63, 3.8) is 0 Å². The summed E-state index contributed by atoms with van der Waals surface area (Å²) in [5, 5.41) is 13.9. The van der Waals surface area contributed by atoms with Crippen molar-refractivity contribution in [2.24, 2.45) is 11.1 Å². The number of fused-ring (bicyclic) bond motifs is 1.